The summed E-state index contributed by atoms with van der Waals surface area (Å²) in [6.07, 6.45) is -3.74. The average molecular weight is 331 g/mol. The summed E-state index contributed by atoms with van der Waals surface area (Å²) in [5.74, 6) is -0.758. The summed E-state index contributed by atoms with van der Waals surface area (Å²) >= 11 is 0. The van der Waals surface area contributed by atoms with Crippen molar-refractivity contribution in [3.8, 4) is 0 Å². The van der Waals surface area contributed by atoms with Crippen LogP contribution in [0.5, 0.6) is 0 Å². The molecule has 0 bridgehead atoms. The van der Waals surface area contributed by atoms with Crippen molar-refractivity contribution in [3.05, 3.63) is 29.8 Å². The van der Waals surface area contributed by atoms with Gasteiger partial charge in [-0.25, -0.2) is 4.79 Å². The van der Waals surface area contributed by atoms with Gasteiger partial charge in [-0.15, -0.1) is 0 Å². The van der Waals surface area contributed by atoms with Crippen LogP contribution in [-0.4, -0.2) is 24.5 Å². The van der Waals surface area contributed by atoms with Crippen LogP contribution < -0.4 is 10.9 Å². The van der Waals surface area contributed by atoms with Crippen LogP contribution in [-0.2, 0) is 15.7 Å². The monoisotopic (exact) mass is 331 g/mol. The largest absolute Gasteiger partial charge is 0.460 e. The lowest BCUT2D eigenvalue weighted by Crippen LogP contribution is -2.37. The van der Waals surface area contributed by atoms with Gasteiger partial charge in [-0.1, -0.05) is 13.0 Å². The van der Waals surface area contributed by atoms with Gasteiger partial charge in [0.1, 0.15) is 0 Å². The van der Waals surface area contributed by atoms with Crippen molar-refractivity contribution in [3.63, 3.8) is 0 Å². The number of carbonyl (C=O) groups excluding carboxylic acids is 1. The second kappa shape index (κ2) is 8.40. The van der Waals surface area contributed by atoms with Crippen molar-refractivity contribution < 1.29 is 22.7 Å². The number of halogens is 3. The van der Waals surface area contributed by atoms with E-state index in [1.54, 1.807) is 6.92 Å². The third kappa shape index (κ3) is 6.17. The Morgan fingerprint density at radius 2 is 2.04 bits per heavy atom. The molecule has 0 aliphatic heterocycles. The van der Waals surface area contributed by atoms with Crippen molar-refractivity contribution in [1.29, 1.82) is 0 Å². The Morgan fingerprint density at radius 1 is 1.35 bits per heavy atom. The molecular weight excluding hydrogens is 311 g/mol. The van der Waals surface area contributed by atoms with E-state index in [0.29, 0.717) is 6.42 Å². The Balaban J connectivity index is 2.86. The third-order valence-corrected chi connectivity index (χ3v) is 2.92. The Bertz CT molecular complexity index is 559. The molecule has 0 amide bonds. The van der Waals surface area contributed by atoms with Gasteiger partial charge in [0, 0.05) is 6.04 Å². The summed E-state index contributed by atoms with van der Waals surface area (Å²) in [7, 11) is 0. The van der Waals surface area contributed by atoms with E-state index in [-0.39, 0.29) is 24.2 Å². The first-order valence-corrected chi connectivity index (χ1v) is 7.22. The molecule has 2 N–H and O–H groups in total. The normalized spacial score (nSPS) is 13.4. The number of anilines is 1. The smallest absolute Gasteiger partial charge is 0.416 e. The molecule has 5 nitrogen and oxygen atoms in total. The lowest BCUT2D eigenvalue weighted by Gasteiger charge is -2.14. The van der Waals surface area contributed by atoms with E-state index >= 15 is 0 Å². The molecule has 0 aliphatic carbocycles. The molecule has 1 aromatic rings. The Kier molecular flexibility index (Phi) is 6.87. The van der Waals surface area contributed by atoms with E-state index < -0.39 is 17.7 Å². The fraction of sp³-hybridized carbons (Fsp3) is 0.467. The first-order chi connectivity index (χ1) is 10.8. The van der Waals surface area contributed by atoms with Gasteiger partial charge in [0.25, 0.3) is 0 Å². The minimum atomic E-state index is -4.44. The van der Waals surface area contributed by atoms with E-state index in [1.807, 2.05) is 13.8 Å². The molecule has 0 saturated carbocycles. The summed E-state index contributed by atoms with van der Waals surface area (Å²) in [4.78, 5) is 16.0. The number of hydrogen-bond donors (Lipinski definition) is 2. The molecule has 0 aliphatic rings. The highest BCUT2D eigenvalue weighted by Crippen LogP contribution is 2.30. The number of aliphatic imine (C=N–C) groups is 1. The number of alkyl halides is 3. The van der Waals surface area contributed by atoms with Crippen LogP contribution in [0.1, 0.15) is 32.8 Å². The van der Waals surface area contributed by atoms with E-state index in [2.05, 4.69) is 15.8 Å². The Hall–Kier alpha value is -2.25. The zero-order valence-corrected chi connectivity index (χ0v) is 13.2. The Morgan fingerprint density at radius 3 is 2.61 bits per heavy atom. The molecule has 0 saturated heterocycles. The van der Waals surface area contributed by atoms with Gasteiger partial charge in [-0.05, 0) is 38.5 Å². The summed E-state index contributed by atoms with van der Waals surface area (Å²) in [6, 6.07) is 4.46. The molecule has 128 valence electrons. The molecule has 0 radical (unpaired) electrons. The number of benzene rings is 1. The number of ether oxygens (including phenoxy) is 1. The quantitative estimate of drug-likeness (QED) is 0.376. The van der Waals surface area contributed by atoms with Crippen LogP contribution in [0.15, 0.2) is 29.3 Å². The van der Waals surface area contributed by atoms with Crippen LogP contribution in [0.3, 0.4) is 0 Å². The van der Waals surface area contributed by atoms with Crippen LogP contribution in [0, 0.1) is 0 Å². The van der Waals surface area contributed by atoms with Gasteiger partial charge in [0.15, 0.2) is 0 Å². The molecule has 1 rings (SSSR count). The maximum atomic E-state index is 12.7. The highest BCUT2D eigenvalue weighted by molar-refractivity contribution is 6.35. The lowest BCUT2D eigenvalue weighted by molar-refractivity contribution is -0.137. The zero-order valence-electron chi connectivity index (χ0n) is 13.2. The van der Waals surface area contributed by atoms with Crippen molar-refractivity contribution in [2.24, 2.45) is 4.99 Å². The molecular formula is C15H20F3N3O2. The number of nitrogens with zero attached hydrogens (tertiary/aromatic N) is 1. The van der Waals surface area contributed by atoms with Crippen LogP contribution >= 0.6 is 0 Å². The molecule has 0 unspecified atom stereocenters. The number of carbonyl (C=O) groups is 1. The first-order valence-electron chi connectivity index (χ1n) is 7.22. The van der Waals surface area contributed by atoms with Gasteiger partial charge in [-0.3, -0.25) is 15.8 Å². The van der Waals surface area contributed by atoms with Gasteiger partial charge in [0.2, 0.25) is 5.84 Å². The third-order valence-electron chi connectivity index (χ3n) is 2.92. The average Bonchev–Trinajstić information content (AvgIpc) is 2.50. The zero-order chi connectivity index (χ0) is 17.5. The maximum Gasteiger partial charge on any atom is 0.416 e. The van der Waals surface area contributed by atoms with Crippen molar-refractivity contribution in [2.45, 2.75) is 39.4 Å². The number of nitrogens with one attached hydrogen (secondary N) is 2. The minimum absolute atomic E-state index is 0.0846. The first kappa shape index (κ1) is 18.8. The van der Waals surface area contributed by atoms with Gasteiger partial charge < -0.3 is 4.74 Å². The number of rotatable bonds is 5. The molecule has 0 aromatic heterocycles. The summed E-state index contributed by atoms with van der Waals surface area (Å²) in [5.41, 5.74) is 4.43. The van der Waals surface area contributed by atoms with Crippen LogP contribution in [0.25, 0.3) is 0 Å². The van der Waals surface area contributed by atoms with Crippen LogP contribution in [0.2, 0.25) is 0 Å². The van der Waals surface area contributed by atoms with Crippen molar-refractivity contribution in [2.75, 3.05) is 12.0 Å². The fourth-order valence-electron chi connectivity index (χ4n) is 1.55. The van der Waals surface area contributed by atoms with E-state index in [4.69, 9.17) is 4.74 Å². The van der Waals surface area contributed by atoms with Gasteiger partial charge in [0.05, 0.1) is 17.9 Å². The summed E-state index contributed by atoms with van der Waals surface area (Å²) < 4.78 is 42.9. The Labute approximate surface area is 132 Å². The minimum Gasteiger partial charge on any atom is -0.460 e. The van der Waals surface area contributed by atoms with E-state index in [1.165, 1.54) is 12.1 Å². The summed E-state index contributed by atoms with van der Waals surface area (Å²) in [5, 5.41) is 0. The number of hydrazine groups is 1. The number of amidine groups is 1. The second-order valence-electron chi connectivity index (χ2n) is 4.78. The molecule has 0 spiro atoms. The summed E-state index contributed by atoms with van der Waals surface area (Å²) in [6.45, 7) is 5.53. The van der Waals surface area contributed by atoms with Gasteiger partial charge in [-0.2, -0.15) is 13.2 Å². The van der Waals surface area contributed by atoms with E-state index in [9.17, 15) is 18.0 Å². The predicted molar refractivity (Wildman–Crippen MR) is 82.0 cm³/mol. The molecule has 23 heavy (non-hydrogen) atoms. The molecule has 0 fully saturated rings. The fourth-order valence-corrected chi connectivity index (χ4v) is 1.55. The second-order valence-corrected chi connectivity index (χ2v) is 4.78. The highest BCUT2D eigenvalue weighted by atomic mass is 19.4. The van der Waals surface area contributed by atoms with Gasteiger partial charge >= 0.3 is 12.1 Å². The van der Waals surface area contributed by atoms with Crippen molar-refractivity contribution in [1.82, 2.24) is 5.43 Å². The number of hydrogen-bond acceptors (Lipinski definition) is 4. The topological polar surface area (TPSA) is 62.7 Å². The standard InChI is InChI=1S/C15H20F3N3O2/c1-4-10(3)19-13(14(22)23-5-2)21-20-12-8-6-7-11(9-12)15(16,17)18/h6-10,20H,4-5H2,1-3H3,(H,19,21)/t10-/m0/s1. The molecule has 1 atom stereocenters. The maximum absolute atomic E-state index is 12.7. The van der Waals surface area contributed by atoms with E-state index in [0.717, 1.165) is 12.1 Å². The molecule has 8 heteroatoms. The predicted octanol–water partition coefficient (Wildman–Crippen LogP) is 3.38. The number of esters is 1. The van der Waals surface area contributed by atoms with Crippen LogP contribution in [0.4, 0.5) is 18.9 Å². The highest BCUT2D eigenvalue weighted by Gasteiger charge is 2.30. The lowest BCUT2D eigenvalue weighted by atomic mass is 10.2. The SMILES string of the molecule is CCOC(=O)C(=N[C@@H](C)CC)NNc1cccc(C(F)(F)F)c1. The van der Waals surface area contributed by atoms with Crippen molar-refractivity contribution >= 4 is 17.5 Å². The molecule has 1 aromatic carbocycles. The molecule has 0 heterocycles.